The third kappa shape index (κ3) is 1.63. The number of carbonyl (C=O) groups excluding carboxylic acids is 1. The lowest BCUT2D eigenvalue weighted by Gasteiger charge is -2.25. The largest absolute Gasteiger partial charge is 0.468 e. The maximum absolute atomic E-state index is 11.9. The maximum Gasteiger partial charge on any atom is 0.317 e. The summed E-state index contributed by atoms with van der Waals surface area (Å²) < 4.78 is 4.91. The molecule has 1 aliphatic heterocycles. The molecule has 1 N–H and O–H groups in total. The van der Waals surface area contributed by atoms with Crippen LogP contribution in [-0.2, 0) is 14.9 Å². The number of carbonyl (C=O) groups is 1. The van der Waals surface area contributed by atoms with E-state index in [1.165, 1.54) is 7.11 Å². The molecule has 3 heteroatoms. The molecular weight excluding hydrogens is 190 g/mol. The van der Waals surface area contributed by atoms with Gasteiger partial charge in [-0.1, -0.05) is 30.3 Å². The van der Waals surface area contributed by atoms with Crippen LogP contribution < -0.4 is 5.32 Å². The van der Waals surface area contributed by atoms with E-state index >= 15 is 0 Å². The molecule has 0 spiro atoms. The van der Waals surface area contributed by atoms with Crippen LogP contribution in [0.25, 0.3) is 0 Å². The van der Waals surface area contributed by atoms with Gasteiger partial charge in [0.05, 0.1) is 7.11 Å². The van der Waals surface area contributed by atoms with Crippen LogP contribution in [0, 0.1) is 0 Å². The molecule has 80 valence electrons. The summed E-state index contributed by atoms with van der Waals surface area (Å²) in [4.78, 5) is 11.9. The Kier molecular flexibility index (Phi) is 2.73. The highest BCUT2D eigenvalue weighted by Gasteiger charge is 2.43. The van der Waals surface area contributed by atoms with Crippen LogP contribution in [-0.4, -0.2) is 26.2 Å². The topological polar surface area (TPSA) is 38.3 Å². The molecule has 0 aliphatic carbocycles. The van der Waals surface area contributed by atoms with Gasteiger partial charge < -0.3 is 10.1 Å². The molecule has 1 aliphatic rings. The summed E-state index contributed by atoms with van der Waals surface area (Å²) in [6.45, 7) is 1.54. The highest BCUT2D eigenvalue weighted by molar-refractivity contribution is 5.84. The molecule has 2 rings (SSSR count). The molecule has 0 amide bonds. The molecule has 15 heavy (non-hydrogen) atoms. The zero-order valence-electron chi connectivity index (χ0n) is 8.82. The zero-order valence-corrected chi connectivity index (χ0v) is 8.82. The number of rotatable bonds is 2. The summed E-state index contributed by atoms with van der Waals surface area (Å²) in [6, 6.07) is 9.85. The molecular formula is C12H15NO2. The third-order valence-corrected chi connectivity index (χ3v) is 3.06. The van der Waals surface area contributed by atoms with Crippen molar-refractivity contribution in [3.63, 3.8) is 0 Å². The molecule has 0 bridgehead atoms. The van der Waals surface area contributed by atoms with Gasteiger partial charge in [0.1, 0.15) is 5.41 Å². The Hall–Kier alpha value is -1.35. The average Bonchev–Trinajstić information content (AvgIpc) is 2.79. The van der Waals surface area contributed by atoms with Crippen molar-refractivity contribution in [2.45, 2.75) is 11.8 Å². The van der Waals surface area contributed by atoms with Crippen LogP contribution in [0.2, 0.25) is 0 Å². The minimum absolute atomic E-state index is 0.140. The van der Waals surface area contributed by atoms with Gasteiger partial charge in [-0.05, 0) is 18.5 Å². The number of nitrogens with one attached hydrogen (secondary N) is 1. The Bertz CT molecular complexity index is 342. The Morgan fingerprint density at radius 3 is 2.67 bits per heavy atom. The number of benzene rings is 1. The van der Waals surface area contributed by atoms with E-state index < -0.39 is 5.41 Å². The van der Waals surface area contributed by atoms with Gasteiger partial charge in [0.15, 0.2) is 0 Å². The van der Waals surface area contributed by atoms with Gasteiger partial charge in [-0.2, -0.15) is 0 Å². The van der Waals surface area contributed by atoms with E-state index in [-0.39, 0.29) is 5.97 Å². The average molecular weight is 205 g/mol. The summed E-state index contributed by atoms with van der Waals surface area (Å²) in [5.74, 6) is -0.140. The van der Waals surface area contributed by atoms with Crippen LogP contribution in [0.4, 0.5) is 0 Å². The first kappa shape index (κ1) is 10.2. The van der Waals surface area contributed by atoms with E-state index in [4.69, 9.17) is 4.74 Å². The number of hydrogen-bond donors (Lipinski definition) is 1. The van der Waals surface area contributed by atoms with Gasteiger partial charge in [0, 0.05) is 6.54 Å². The fourth-order valence-corrected chi connectivity index (χ4v) is 2.18. The second kappa shape index (κ2) is 4.03. The second-order valence-corrected chi connectivity index (χ2v) is 3.87. The SMILES string of the molecule is COC(=O)C1(c2ccccc2)CCNC1. The van der Waals surface area contributed by atoms with Crippen molar-refractivity contribution in [3.8, 4) is 0 Å². The van der Waals surface area contributed by atoms with E-state index in [1.807, 2.05) is 30.3 Å². The first-order valence-electron chi connectivity index (χ1n) is 5.14. The predicted molar refractivity (Wildman–Crippen MR) is 57.6 cm³/mol. The molecule has 0 aromatic heterocycles. The Morgan fingerprint density at radius 2 is 2.13 bits per heavy atom. The molecule has 1 saturated heterocycles. The lowest BCUT2D eigenvalue weighted by atomic mass is 9.80. The van der Waals surface area contributed by atoms with Crippen molar-refractivity contribution in [2.75, 3.05) is 20.2 Å². The molecule has 0 radical (unpaired) electrons. The van der Waals surface area contributed by atoms with E-state index in [2.05, 4.69) is 5.32 Å². The normalized spacial score (nSPS) is 25.1. The van der Waals surface area contributed by atoms with Gasteiger partial charge in [-0.15, -0.1) is 0 Å². The van der Waals surface area contributed by atoms with Gasteiger partial charge in [-0.25, -0.2) is 0 Å². The van der Waals surface area contributed by atoms with Gasteiger partial charge >= 0.3 is 5.97 Å². The predicted octanol–water partition coefficient (Wildman–Crippen LogP) is 1.09. The summed E-state index contributed by atoms with van der Waals surface area (Å²) in [7, 11) is 1.45. The molecule has 1 aromatic rings. The Labute approximate surface area is 89.4 Å². The molecule has 3 nitrogen and oxygen atoms in total. The van der Waals surface area contributed by atoms with Crippen LogP contribution in [0.15, 0.2) is 30.3 Å². The zero-order chi connectivity index (χ0) is 10.7. The molecule has 0 saturated carbocycles. The minimum atomic E-state index is -0.476. The summed E-state index contributed by atoms with van der Waals surface area (Å²) >= 11 is 0. The van der Waals surface area contributed by atoms with Crippen molar-refractivity contribution >= 4 is 5.97 Å². The smallest absolute Gasteiger partial charge is 0.317 e. The van der Waals surface area contributed by atoms with Gasteiger partial charge in [-0.3, -0.25) is 4.79 Å². The second-order valence-electron chi connectivity index (χ2n) is 3.87. The van der Waals surface area contributed by atoms with E-state index in [9.17, 15) is 4.79 Å². The highest BCUT2D eigenvalue weighted by atomic mass is 16.5. The van der Waals surface area contributed by atoms with E-state index in [0.717, 1.165) is 18.5 Å². The first-order valence-corrected chi connectivity index (χ1v) is 5.14. The summed E-state index contributed by atoms with van der Waals surface area (Å²) in [5, 5.41) is 3.23. The highest BCUT2D eigenvalue weighted by Crippen LogP contribution is 2.31. The van der Waals surface area contributed by atoms with Gasteiger partial charge in [0.2, 0.25) is 0 Å². The third-order valence-electron chi connectivity index (χ3n) is 3.06. The van der Waals surface area contributed by atoms with Crippen LogP contribution in [0.3, 0.4) is 0 Å². The van der Waals surface area contributed by atoms with Crippen LogP contribution in [0.5, 0.6) is 0 Å². The molecule has 1 aromatic carbocycles. The Balaban J connectivity index is 2.39. The maximum atomic E-state index is 11.9. The lowest BCUT2D eigenvalue weighted by molar-refractivity contribution is -0.146. The van der Waals surface area contributed by atoms with Crippen molar-refractivity contribution in [1.82, 2.24) is 5.32 Å². The number of hydrogen-bond acceptors (Lipinski definition) is 3. The fourth-order valence-electron chi connectivity index (χ4n) is 2.18. The summed E-state index contributed by atoms with van der Waals surface area (Å²) in [6.07, 6.45) is 0.809. The van der Waals surface area contributed by atoms with Crippen molar-refractivity contribution in [3.05, 3.63) is 35.9 Å². The summed E-state index contributed by atoms with van der Waals surface area (Å²) in [5.41, 5.74) is 0.567. The number of methoxy groups -OCH3 is 1. The molecule has 1 atom stereocenters. The molecule has 1 fully saturated rings. The molecule has 1 unspecified atom stereocenters. The quantitative estimate of drug-likeness (QED) is 0.734. The standard InChI is InChI=1S/C12H15NO2/c1-15-11(14)12(7-8-13-9-12)10-5-3-2-4-6-10/h2-6,13H,7-9H2,1H3. The molecule has 1 heterocycles. The van der Waals surface area contributed by atoms with Crippen molar-refractivity contribution < 1.29 is 9.53 Å². The minimum Gasteiger partial charge on any atom is -0.468 e. The van der Waals surface area contributed by atoms with Crippen LogP contribution in [0.1, 0.15) is 12.0 Å². The number of esters is 1. The Morgan fingerprint density at radius 1 is 1.40 bits per heavy atom. The monoisotopic (exact) mass is 205 g/mol. The first-order chi connectivity index (χ1) is 7.29. The van der Waals surface area contributed by atoms with E-state index in [0.29, 0.717) is 6.54 Å². The number of ether oxygens (including phenoxy) is 1. The van der Waals surface area contributed by atoms with Crippen LogP contribution >= 0.6 is 0 Å². The van der Waals surface area contributed by atoms with E-state index in [1.54, 1.807) is 0 Å². The van der Waals surface area contributed by atoms with Crippen molar-refractivity contribution in [1.29, 1.82) is 0 Å². The van der Waals surface area contributed by atoms with Crippen molar-refractivity contribution in [2.24, 2.45) is 0 Å². The van der Waals surface area contributed by atoms with Gasteiger partial charge in [0.25, 0.3) is 0 Å². The lowest BCUT2D eigenvalue weighted by Crippen LogP contribution is -2.38. The fraction of sp³-hybridized carbons (Fsp3) is 0.417.